The summed E-state index contributed by atoms with van der Waals surface area (Å²) in [7, 11) is 0. The van der Waals surface area contributed by atoms with E-state index in [1.54, 1.807) is 36.4 Å². The predicted molar refractivity (Wildman–Crippen MR) is 98.4 cm³/mol. The minimum atomic E-state index is -0.449. The second-order valence-electron chi connectivity index (χ2n) is 5.15. The van der Waals surface area contributed by atoms with Gasteiger partial charge in [0.15, 0.2) is 0 Å². The number of para-hydroxylation sites is 1. The Hall–Kier alpha value is -3.17. The number of hydrogen-bond donors (Lipinski definition) is 0. The molecular weight excluding hydrogens is 384 g/mol. The number of rotatable bonds is 4. The lowest BCUT2D eigenvalue weighted by molar-refractivity contribution is -0.384. The van der Waals surface area contributed by atoms with E-state index in [-0.39, 0.29) is 5.69 Å². The molecule has 0 spiro atoms. The van der Waals surface area contributed by atoms with Gasteiger partial charge < -0.3 is 4.42 Å². The van der Waals surface area contributed by atoms with Crippen LogP contribution in [0.3, 0.4) is 0 Å². The number of hydrogen-bond acceptors (Lipinski definition) is 4. The van der Waals surface area contributed by atoms with Gasteiger partial charge in [-0.3, -0.25) is 10.1 Å². The third-order valence-corrected chi connectivity index (χ3v) is 4.08. The summed E-state index contributed by atoms with van der Waals surface area (Å²) in [5.74, 6) is 0.833. The van der Waals surface area contributed by atoms with E-state index in [9.17, 15) is 15.4 Å². The summed E-state index contributed by atoms with van der Waals surface area (Å²) < 4.78 is 6.62. The Kier molecular flexibility index (Phi) is 4.78. The Morgan fingerprint density at radius 2 is 1.84 bits per heavy atom. The summed E-state index contributed by atoms with van der Waals surface area (Å²) in [6, 6.07) is 19.2. The van der Waals surface area contributed by atoms with Crippen LogP contribution in [0.2, 0.25) is 0 Å². The molecule has 0 aliphatic rings. The first kappa shape index (κ1) is 16.7. The van der Waals surface area contributed by atoms with Gasteiger partial charge in [-0.2, -0.15) is 5.26 Å². The number of allylic oxidation sites excluding steroid dienone is 1. The second kappa shape index (κ2) is 7.16. The standard InChI is InChI=1S/C19H11BrN2O3/c20-15-7-5-13(6-8-15)14(12-21)11-16-9-10-19(25-16)17-3-1-2-4-18(17)22(23)24/h1-11H/b14-11+. The summed E-state index contributed by atoms with van der Waals surface area (Å²) in [5.41, 5.74) is 1.57. The summed E-state index contributed by atoms with van der Waals surface area (Å²) in [6.45, 7) is 0. The van der Waals surface area contributed by atoms with Crippen molar-refractivity contribution in [1.29, 1.82) is 5.26 Å². The minimum absolute atomic E-state index is 0.0270. The van der Waals surface area contributed by atoms with E-state index in [2.05, 4.69) is 22.0 Å². The van der Waals surface area contributed by atoms with E-state index in [4.69, 9.17) is 4.42 Å². The SMILES string of the molecule is N#C/C(=C\c1ccc(-c2ccccc2[N+](=O)[O-])o1)c1ccc(Br)cc1. The maximum Gasteiger partial charge on any atom is 0.280 e. The van der Waals surface area contributed by atoms with Gasteiger partial charge in [-0.1, -0.05) is 40.2 Å². The highest BCUT2D eigenvalue weighted by Crippen LogP contribution is 2.31. The number of nitro groups is 1. The first-order valence-corrected chi connectivity index (χ1v) is 8.09. The van der Waals surface area contributed by atoms with Crippen molar-refractivity contribution in [2.24, 2.45) is 0 Å². The van der Waals surface area contributed by atoms with Crippen LogP contribution in [0.5, 0.6) is 0 Å². The second-order valence-corrected chi connectivity index (χ2v) is 6.07. The van der Waals surface area contributed by atoms with Crippen molar-refractivity contribution in [2.75, 3.05) is 0 Å². The number of nitriles is 1. The van der Waals surface area contributed by atoms with Gasteiger partial charge in [0, 0.05) is 10.5 Å². The summed E-state index contributed by atoms with van der Waals surface area (Å²) in [6.07, 6.45) is 1.61. The monoisotopic (exact) mass is 394 g/mol. The molecule has 0 unspecified atom stereocenters. The van der Waals surface area contributed by atoms with Crippen molar-refractivity contribution in [3.63, 3.8) is 0 Å². The Morgan fingerprint density at radius 3 is 2.52 bits per heavy atom. The van der Waals surface area contributed by atoms with Gasteiger partial charge in [-0.15, -0.1) is 0 Å². The fourth-order valence-electron chi connectivity index (χ4n) is 2.37. The highest BCUT2D eigenvalue weighted by Gasteiger charge is 2.17. The minimum Gasteiger partial charge on any atom is -0.456 e. The van der Waals surface area contributed by atoms with Crippen LogP contribution in [0.25, 0.3) is 23.0 Å². The maximum absolute atomic E-state index is 11.1. The van der Waals surface area contributed by atoms with Crippen LogP contribution in [-0.4, -0.2) is 4.92 Å². The fraction of sp³-hybridized carbons (Fsp3) is 0. The maximum atomic E-state index is 11.1. The Bertz CT molecular complexity index is 998. The van der Waals surface area contributed by atoms with Crippen LogP contribution >= 0.6 is 15.9 Å². The largest absolute Gasteiger partial charge is 0.456 e. The molecule has 1 aromatic heterocycles. The van der Waals surface area contributed by atoms with Gasteiger partial charge in [-0.05, 0) is 42.0 Å². The van der Waals surface area contributed by atoms with Crippen molar-refractivity contribution in [3.05, 3.63) is 86.6 Å². The smallest absolute Gasteiger partial charge is 0.280 e. The molecule has 3 aromatic rings. The molecular formula is C19H11BrN2O3. The van der Waals surface area contributed by atoms with Crippen molar-refractivity contribution < 1.29 is 9.34 Å². The van der Waals surface area contributed by atoms with Gasteiger partial charge in [-0.25, -0.2) is 0 Å². The lowest BCUT2D eigenvalue weighted by Gasteiger charge is -2.00. The zero-order chi connectivity index (χ0) is 17.8. The molecule has 0 fully saturated rings. The normalized spacial score (nSPS) is 11.1. The molecule has 5 nitrogen and oxygen atoms in total. The highest BCUT2D eigenvalue weighted by atomic mass is 79.9. The fourth-order valence-corrected chi connectivity index (χ4v) is 2.63. The molecule has 6 heteroatoms. The van der Waals surface area contributed by atoms with Crippen LogP contribution < -0.4 is 0 Å². The third-order valence-electron chi connectivity index (χ3n) is 3.56. The lowest BCUT2D eigenvalue weighted by atomic mass is 10.1. The van der Waals surface area contributed by atoms with E-state index in [1.165, 1.54) is 6.07 Å². The van der Waals surface area contributed by atoms with Crippen LogP contribution in [0, 0.1) is 21.4 Å². The van der Waals surface area contributed by atoms with Crippen molar-refractivity contribution >= 4 is 33.3 Å². The molecule has 0 N–H and O–H groups in total. The molecule has 0 atom stereocenters. The zero-order valence-corrected chi connectivity index (χ0v) is 14.4. The molecule has 122 valence electrons. The van der Waals surface area contributed by atoms with Crippen LogP contribution in [-0.2, 0) is 0 Å². The lowest BCUT2D eigenvalue weighted by Crippen LogP contribution is -1.90. The van der Waals surface area contributed by atoms with Crippen molar-refractivity contribution in [1.82, 2.24) is 0 Å². The molecule has 0 bridgehead atoms. The van der Waals surface area contributed by atoms with Gasteiger partial charge in [0.1, 0.15) is 11.5 Å². The first-order chi connectivity index (χ1) is 12.1. The molecule has 0 aliphatic carbocycles. The van der Waals surface area contributed by atoms with E-state index >= 15 is 0 Å². The Labute approximate surface area is 152 Å². The number of halogens is 1. The van der Waals surface area contributed by atoms with Crippen molar-refractivity contribution in [3.8, 4) is 17.4 Å². The van der Waals surface area contributed by atoms with E-state index in [0.29, 0.717) is 22.7 Å². The number of furan rings is 1. The quantitative estimate of drug-likeness (QED) is 0.323. The predicted octanol–water partition coefficient (Wildman–Crippen LogP) is 5.68. The van der Waals surface area contributed by atoms with Gasteiger partial charge in [0.25, 0.3) is 5.69 Å². The summed E-state index contributed by atoms with van der Waals surface area (Å²) in [5, 5.41) is 20.5. The Balaban J connectivity index is 1.98. The van der Waals surface area contributed by atoms with Gasteiger partial charge in [0.05, 0.1) is 22.1 Å². The molecule has 3 rings (SSSR count). The molecule has 0 radical (unpaired) electrons. The van der Waals surface area contributed by atoms with E-state index < -0.39 is 4.92 Å². The number of nitro benzene ring substituents is 1. The molecule has 0 saturated heterocycles. The molecule has 25 heavy (non-hydrogen) atoms. The van der Waals surface area contributed by atoms with Crippen LogP contribution in [0.4, 0.5) is 5.69 Å². The van der Waals surface area contributed by atoms with E-state index in [1.807, 2.05) is 24.3 Å². The van der Waals surface area contributed by atoms with E-state index in [0.717, 1.165) is 10.0 Å². The summed E-state index contributed by atoms with van der Waals surface area (Å²) >= 11 is 3.36. The number of benzene rings is 2. The molecule has 0 aliphatic heterocycles. The molecule has 0 saturated carbocycles. The molecule has 0 amide bonds. The summed E-state index contributed by atoms with van der Waals surface area (Å²) in [4.78, 5) is 10.7. The number of nitrogens with zero attached hydrogens (tertiary/aromatic N) is 2. The average Bonchev–Trinajstić information content (AvgIpc) is 3.09. The third kappa shape index (κ3) is 3.67. The van der Waals surface area contributed by atoms with Crippen LogP contribution in [0.1, 0.15) is 11.3 Å². The highest BCUT2D eigenvalue weighted by molar-refractivity contribution is 9.10. The topological polar surface area (TPSA) is 80.1 Å². The van der Waals surface area contributed by atoms with Gasteiger partial charge >= 0.3 is 0 Å². The average molecular weight is 395 g/mol. The zero-order valence-electron chi connectivity index (χ0n) is 12.8. The van der Waals surface area contributed by atoms with Gasteiger partial charge in [0.2, 0.25) is 0 Å². The van der Waals surface area contributed by atoms with Crippen molar-refractivity contribution in [2.45, 2.75) is 0 Å². The molecule has 1 heterocycles. The molecule has 2 aromatic carbocycles. The van der Waals surface area contributed by atoms with Crippen LogP contribution in [0.15, 0.2) is 69.6 Å². The first-order valence-electron chi connectivity index (χ1n) is 7.30. The Morgan fingerprint density at radius 1 is 1.12 bits per heavy atom.